The first-order chi connectivity index (χ1) is 22.8. The van der Waals surface area contributed by atoms with E-state index in [1.54, 1.807) is 7.05 Å². The van der Waals surface area contributed by atoms with Gasteiger partial charge in [-0.2, -0.15) is 0 Å². The highest BCUT2D eigenvalue weighted by molar-refractivity contribution is 7.95. The molecule has 0 atom stereocenters. The average Bonchev–Trinajstić information content (AvgIpc) is 3.07. The minimum Gasteiger partial charge on any atom is -0.423 e. The second-order valence-corrected chi connectivity index (χ2v) is 14.9. The molecule has 0 aliphatic heterocycles. The van der Waals surface area contributed by atoms with E-state index in [1.807, 2.05) is 0 Å². The second-order valence-electron chi connectivity index (χ2n) is 11.3. The Morgan fingerprint density at radius 3 is 1.66 bits per heavy atom. The summed E-state index contributed by atoms with van der Waals surface area (Å²) >= 11 is 0. The van der Waals surface area contributed by atoms with Crippen molar-refractivity contribution in [2.24, 2.45) is 0 Å². The fourth-order valence-corrected chi connectivity index (χ4v) is 9.91. The number of hydrogen-bond acceptors (Lipinski definition) is 7. The van der Waals surface area contributed by atoms with Crippen molar-refractivity contribution in [1.29, 1.82) is 0 Å². The summed E-state index contributed by atoms with van der Waals surface area (Å²) in [5, 5.41) is 7.69. The zero-order valence-electron chi connectivity index (χ0n) is 27.4. The Morgan fingerprint density at radius 2 is 1.13 bits per heavy atom. The Bertz CT molecular complexity index is 1490. The minimum absolute atomic E-state index is 0.00455. The molecule has 1 N–H and O–H groups in total. The zero-order chi connectivity index (χ0) is 33.5. The Morgan fingerprint density at radius 1 is 0.617 bits per heavy atom. The van der Waals surface area contributed by atoms with E-state index in [0.29, 0.717) is 13.1 Å². The maximum absolute atomic E-state index is 12.6. The van der Waals surface area contributed by atoms with Gasteiger partial charge in [0.1, 0.15) is 28.9 Å². The molecule has 4 aromatic rings. The van der Waals surface area contributed by atoms with Crippen molar-refractivity contribution in [1.82, 2.24) is 10.2 Å². The van der Waals surface area contributed by atoms with Crippen molar-refractivity contribution in [2.45, 2.75) is 39.5 Å². The number of amides is 1. The van der Waals surface area contributed by atoms with E-state index in [2.05, 4.69) is 96.3 Å². The molecule has 0 aliphatic carbocycles. The van der Waals surface area contributed by atoms with Crippen LogP contribution in [0.3, 0.4) is 0 Å². The van der Waals surface area contributed by atoms with Gasteiger partial charge in [-0.1, -0.05) is 61.0 Å². The van der Waals surface area contributed by atoms with Crippen molar-refractivity contribution in [2.75, 3.05) is 32.8 Å². The van der Waals surface area contributed by atoms with Gasteiger partial charge in [0.05, 0.1) is 6.16 Å². The molecular formula is C38H44N2O6P+. The summed E-state index contributed by atoms with van der Waals surface area (Å²) in [6, 6.07) is 37.2. The molecule has 0 aliphatic rings. The van der Waals surface area contributed by atoms with Crippen LogP contribution in [-0.2, 0) is 9.59 Å². The first-order valence-electron chi connectivity index (χ1n) is 16.0. The molecule has 8 nitrogen and oxygen atoms in total. The maximum atomic E-state index is 12.6. The van der Waals surface area contributed by atoms with E-state index in [0.717, 1.165) is 38.4 Å². The summed E-state index contributed by atoms with van der Waals surface area (Å²) in [5.41, 5.74) is 0. The van der Waals surface area contributed by atoms with Crippen LogP contribution < -0.4 is 35.4 Å². The quantitative estimate of drug-likeness (QED) is 0.0674. The number of unbranched alkanes of at least 4 members (excludes halogenated alkanes) is 3. The number of hydrogen-bond donors (Lipinski definition) is 1. The highest BCUT2D eigenvalue weighted by Crippen LogP contribution is 2.56. The monoisotopic (exact) mass is 655 g/mol. The molecule has 0 heterocycles. The highest BCUT2D eigenvalue weighted by Gasteiger charge is 2.44. The second kappa shape index (κ2) is 18.0. The molecule has 47 heavy (non-hydrogen) atoms. The van der Waals surface area contributed by atoms with Crippen LogP contribution in [0.15, 0.2) is 109 Å². The summed E-state index contributed by atoms with van der Waals surface area (Å²) in [5.74, 6) is -0.927. The molecule has 0 bridgehead atoms. The smallest absolute Gasteiger partial charge is 0.415 e. The molecule has 0 saturated carbocycles. The average molecular weight is 656 g/mol. The van der Waals surface area contributed by atoms with E-state index < -0.39 is 25.3 Å². The third kappa shape index (κ3) is 10.2. The number of ether oxygens (including phenoxy) is 3. The van der Waals surface area contributed by atoms with E-state index in [1.165, 1.54) is 52.9 Å². The van der Waals surface area contributed by atoms with Crippen molar-refractivity contribution in [3.8, 4) is 17.2 Å². The van der Waals surface area contributed by atoms with E-state index in [9.17, 15) is 14.4 Å². The van der Waals surface area contributed by atoms with Crippen LogP contribution in [0.2, 0.25) is 0 Å². The third-order valence-electron chi connectivity index (χ3n) is 7.75. The lowest BCUT2D eigenvalue weighted by Gasteiger charge is -2.27. The lowest BCUT2D eigenvalue weighted by molar-refractivity contribution is -0.134. The molecule has 4 aromatic carbocycles. The number of benzene rings is 4. The molecular weight excluding hydrogens is 611 g/mol. The Balaban J connectivity index is 1.22. The Labute approximate surface area is 278 Å². The van der Waals surface area contributed by atoms with Gasteiger partial charge in [-0.25, -0.2) is 4.79 Å². The summed E-state index contributed by atoms with van der Waals surface area (Å²) in [4.78, 5) is 36.9. The molecule has 4 rings (SSSR count). The topological polar surface area (TPSA) is 94.2 Å². The number of carbonyl (C=O) groups is 3. The van der Waals surface area contributed by atoms with E-state index >= 15 is 0 Å². The Kier molecular flexibility index (Phi) is 13.5. The summed E-state index contributed by atoms with van der Waals surface area (Å²) in [6.07, 6.45) is 5.03. The number of nitrogens with one attached hydrogen (secondary N) is 1. The molecule has 246 valence electrons. The van der Waals surface area contributed by atoms with Crippen LogP contribution in [0.5, 0.6) is 17.2 Å². The predicted octanol–water partition coefficient (Wildman–Crippen LogP) is 6.11. The lowest BCUT2D eigenvalue weighted by Crippen LogP contribution is -2.36. The van der Waals surface area contributed by atoms with Crippen LogP contribution in [0.1, 0.15) is 39.5 Å². The van der Waals surface area contributed by atoms with Crippen molar-refractivity contribution < 1.29 is 28.6 Å². The molecule has 0 spiro atoms. The molecule has 0 radical (unpaired) electrons. The van der Waals surface area contributed by atoms with Gasteiger partial charge >= 0.3 is 18.0 Å². The maximum Gasteiger partial charge on any atom is 0.415 e. The summed E-state index contributed by atoms with van der Waals surface area (Å²) < 4.78 is 15.6. The molecule has 1 amide bonds. The van der Waals surface area contributed by atoms with Crippen LogP contribution in [0.25, 0.3) is 0 Å². The summed E-state index contributed by atoms with van der Waals surface area (Å²) in [6.45, 7) is 4.42. The fourth-order valence-electron chi connectivity index (χ4n) is 5.50. The van der Waals surface area contributed by atoms with Crippen LogP contribution in [0.4, 0.5) is 4.79 Å². The van der Waals surface area contributed by atoms with Crippen LogP contribution >= 0.6 is 7.26 Å². The van der Waals surface area contributed by atoms with E-state index in [4.69, 9.17) is 14.2 Å². The van der Waals surface area contributed by atoms with Gasteiger partial charge in [0.25, 0.3) is 0 Å². The SMILES string of the molecule is CC(=O)Oc1ccc(OC(=O)N(C)CCNCCCCCC[P+](c2ccccc2)(c2ccccc2)c2ccccc2)cc1OC(C)=O. The Hall–Kier alpha value is -4.52. The van der Waals surface area contributed by atoms with Gasteiger partial charge in [-0.05, 0) is 74.3 Å². The van der Waals surface area contributed by atoms with Crippen LogP contribution in [-0.4, -0.2) is 55.8 Å². The van der Waals surface area contributed by atoms with Gasteiger partial charge in [-0.15, -0.1) is 0 Å². The first kappa shape index (κ1) is 35.3. The van der Waals surface area contributed by atoms with Crippen molar-refractivity contribution >= 4 is 41.2 Å². The van der Waals surface area contributed by atoms with Gasteiger partial charge in [0.2, 0.25) is 0 Å². The molecule has 0 saturated heterocycles. The van der Waals surface area contributed by atoms with Gasteiger partial charge in [0.15, 0.2) is 11.5 Å². The largest absolute Gasteiger partial charge is 0.423 e. The highest BCUT2D eigenvalue weighted by atomic mass is 31.2. The minimum atomic E-state index is -1.79. The fraction of sp³-hybridized carbons (Fsp3) is 0.289. The number of rotatable bonds is 16. The number of nitrogens with zero attached hydrogens (tertiary/aromatic N) is 1. The van der Waals surface area contributed by atoms with Gasteiger partial charge in [0, 0.05) is 40.1 Å². The predicted molar refractivity (Wildman–Crippen MR) is 189 cm³/mol. The third-order valence-corrected chi connectivity index (χ3v) is 12.3. The molecule has 0 unspecified atom stereocenters. The molecule has 0 fully saturated rings. The molecule has 9 heteroatoms. The number of carbonyl (C=O) groups excluding carboxylic acids is 3. The lowest BCUT2D eigenvalue weighted by atomic mass is 10.2. The number of likely N-dealkylation sites (N-methyl/N-ethyl adjacent to an activating group) is 1. The zero-order valence-corrected chi connectivity index (χ0v) is 28.3. The number of esters is 2. The van der Waals surface area contributed by atoms with E-state index in [-0.39, 0.29) is 17.2 Å². The van der Waals surface area contributed by atoms with Gasteiger partial charge < -0.3 is 24.4 Å². The molecule has 0 aromatic heterocycles. The van der Waals surface area contributed by atoms with Gasteiger partial charge in [-0.3, -0.25) is 9.59 Å². The summed E-state index contributed by atoms with van der Waals surface area (Å²) in [7, 11) is -0.131. The van der Waals surface area contributed by atoms with Crippen molar-refractivity contribution in [3.63, 3.8) is 0 Å². The standard InChI is InChI=1S/C38H44N2O6P/c1-30(41)44-36-24-23-32(29-37(36)45-31(2)42)46-38(43)40(3)27-26-39-25-15-4-5-16-28-47(33-17-9-6-10-18-33,34-19-11-7-12-20-34)35-21-13-8-14-22-35/h6-14,17-24,29,39H,4-5,15-16,25-28H2,1-3H3/q+1. The normalized spacial score (nSPS) is 11.0. The first-order valence-corrected chi connectivity index (χ1v) is 18.0. The van der Waals surface area contributed by atoms with Crippen LogP contribution in [0, 0.1) is 0 Å². The van der Waals surface area contributed by atoms with Crippen molar-refractivity contribution in [3.05, 3.63) is 109 Å².